The molecule has 3 aromatic carbocycles. The van der Waals surface area contributed by atoms with Crippen LogP contribution in [0.2, 0.25) is 0 Å². The molecule has 0 spiro atoms. The summed E-state index contributed by atoms with van der Waals surface area (Å²) in [6.45, 7) is 4.60. The Morgan fingerprint density at radius 3 is 2.17 bits per heavy atom. The van der Waals surface area contributed by atoms with Crippen LogP contribution in [-0.2, 0) is 5.41 Å². The molecule has 0 saturated heterocycles. The van der Waals surface area contributed by atoms with Crippen molar-refractivity contribution in [1.29, 1.82) is 0 Å². The highest BCUT2D eigenvalue weighted by molar-refractivity contribution is 5.85. The molecule has 0 nitrogen and oxygen atoms in total. The van der Waals surface area contributed by atoms with Gasteiger partial charge in [-0.1, -0.05) is 74.4 Å². The van der Waals surface area contributed by atoms with Gasteiger partial charge in [0.2, 0.25) is 0 Å². The van der Waals surface area contributed by atoms with E-state index in [1.165, 1.54) is 27.8 Å². The van der Waals surface area contributed by atoms with Crippen molar-refractivity contribution < 1.29 is 0 Å². The normalized spacial score (nSPS) is 14.0. The van der Waals surface area contributed by atoms with Crippen molar-refractivity contribution in [2.24, 2.45) is 0 Å². The van der Waals surface area contributed by atoms with Crippen LogP contribution in [0.3, 0.4) is 0 Å². The van der Waals surface area contributed by atoms with Crippen molar-refractivity contribution in [3.63, 3.8) is 0 Å². The maximum Gasteiger partial charge on any atom is 0.0321 e. The molecule has 4 rings (SSSR count). The maximum absolute atomic E-state index is 5.67. The molecule has 1 aliphatic carbocycles. The molecule has 0 bridgehead atoms. The molecular formula is C23H18. The fourth-order valence-electron chi connectivity index (χ4n) is 3.75. The average Bonchev–Trinajstić information content (AvgIpc) is 2.83. The summed E-state index contributed by atoms with van der Waals surface area (Å²) in [6, 6.07) is 23.6. The molecule has 23 heavy (non-hydrogen) atoms. The molecule has 3 aromatic rings. The Morgan fingerprint density at radius 2 is 1.39 bits per heavy atom. The Bertz CT molecular complexity index is 952. The van der Waals surface area contributed by atoms with E-state index in [-0.39, 0.29) is 5.41 Å². The molecule has 0 aromatic heterocycles. The van der Waals surface area contributed by atoms with Crippen molar-refractivity contribution in [2.45, 2.75) is 19.3 Å². The molecule has 0 atom stereocenters. The summed E-state index contributed by atoms with van der Waals surface area (Å²) in [5.74, 6) is 2.80. The molecule has 0 fully saturated rings. The number of hydrogen-bond donors (Lipinski definition) is 0. The fraction of sp³-hybridized carbons (Fsp3) is 0.130. The molecule has 1 aliphatic rings. The van der Waals surface area contributed by atoms with Crippen LogP contribution in [0, 0.1) is 12.3 Å². The van der Waals surface area contributed by atoms with E-state index in [1.54, 1.807) is 0 Å². The average molecular weight is 294 g/mol. The number of fused-ring (bicyclic) bond motifs is 3. The Labute approximate surface area is 137 Å². The van der Waals surface area contributed by atoms with E-state index in [0.717, 1.165) is 11.1 Å². The van der Waals surface area contributed by atoms with Crippen molar-refractivity contribution in [3.05, 3.63) is 83.4 Å². The first-order valence-electron chi connectivity index (χ1n) is 7.93. The van der Waals surface area contributed by atoms with Crippen molar-refractivity contribution in [1.82, 2.24) is 0 Å². The zero-order valence-electron chi connectivity index (χ0n) is 13.4. The van der Waals surface area contributed by atoms with Gasteiger partial charge in [-0.2, -0.15) is 0 Å². The molecule has 0 heteroatoms. The molecule has 0 aliphatic heterocycles. The van der Waals surface area contributed by atoms with Crippen molar-refractivity contribution >= 4 is 0 Å². The van der Waals surface area contributed by atoms with Gasteiger partial charge in [-0.05, 0) is 45.5 Å². The van der Waals surface area contributed by atoms with E-state index in [9.17, 15) is 0 Å². The highest BCUT2D eigenvalue weighted by Gasteiger charge is 2.35. The second kappa shape index (κ2) is 4.86. The predicted molar refractivity (Wildman–Crippen MR) is 97.4 cm³/mol. The lowest BCUT2D eigenvalue weighted by Gasteiger charge is -2.21. The van der Waals surface area contributed by atoms with Gasteiger partial charge in [-0.25, -0.2) is 0 Å². The molecule has 0 amide bonds. The standard InChI is InChI=1S/C23H18/c1-4-16-9-5-6-10-18(16)17-13-14-22-20(15-17)19-11-7-8-12-21(19)23(22,2)3/h1,5-15H,2-3H3. The first-order chi connectivity index (χ1) is 11.1. The summed E-state index contributed by atoms with van der Waals surface area (Å²) >= 11 is 0. The van der Waals surface area contributed by atoms with Crippen LogP contribution in [0.25, 0.3) is 22.3 Å². The van der Waals surface area contributed by atoms with Crippen LogP contribution >= 0.6 is 0 Å². The predicted octanol–water partition coefficient (Wildman–Crippen LogP) is 5.64. The third-order valence-corrected chi connectivity index (χ3v) is 4.98. The summed E-state index contributed by atoms with van der Waals surface area (Å²) in [6.07, 6.45) is 5.67. The SMILES string of the molecule is C#Cc1ccccc1-c1ccc2c(c1)-c1ccccc1C2(C)C. The highest BCUT2D eigenvalue weighted by atomic mass is 14.4. The lowest BCUT2D eigenvalue weighted by atomic mass is 9.82. The Hall–Kier alpha value is -2.78. The van der Waals surface area contributed by atoms with E-state index in [4.69, 9.17) is 6.42 Å². The summed E-state index contributed by atoms with van der Waals surface area (Å²) in [4.78, 5) is 0. The molecular weight excluding hydrogens is 276 g/mol. The van der Waals surface area contributed by atoms with Gasteiger partial charge in [0.25, 0.3) is 0 Å². The topological polar surface area (TPSA) is 0 Å². The number of benzene rings is 3. The van der Waals surface area contributed by atoms with Crippen LogP contribution in [-0.4, -0.2) is 0 Å². The molecule has 110 valence electrons. The fourth-order valence-corrected chi connectivity index (χ4v) is 3.75. The number of rotatable bonds is 1. The summed E-state index contributed by atoms with van der Waals surface area (Å²) in [7, 11) is 0. The monoisotopic (exact) mass is 294 g/mol. The van der Waals surface area contributed by atoms with Crippen molar-refractivity contribution in [2.75, 3.05) is 0 Å². The van der Waals surface area contributed by atoms with Gasteiger partial charge in [-0.3, -0.25) is 0 Å². The second-order valence-corrected chi connectivity index (χ2v) is 6.62. The lowest BCUT2D eigenvalue weighted by molar-refractivity contribution is 0.660. The summed E-state index contributed by atoms with van der Waals surface area (Å²) in [5, 5.41) is 0. The van der Waals surface area contributed by atoms with E-state index >= 15 is 0 Å². The molecule has 0 saturated carbocycles. The van der Waals surface area contributed by atoms with Gasteiger partial charge in [-0.15, -0.1) is 6.42 Å². The highest BCUT2D eigenvalue weighted by Crippen LogP contribution is 2.49. The van der Waals surface area contributed by atoms with Crippen LogP contribution in [0.5, 0.6) is 0 Å². The molecule has 0 heterocycles. The minimum atomic E-state index is 0.0517. The van der Waals surface area contributed by atoms with E-state index in [1.807, 2.05) is 18.2 Å². The number of terminal acetylenes is 1. The molecule has 0 unspecified atom stereocenters. The third-order valence-electron chi connectivity index (χ3n) is 4.98. The van der Waals surface area contributed by atoms with Gasteiger partial charge in [0.15, 0.2) is 0 Å². The van der Waals surface area contributed by atoms with Gasteiger partial charge >= 0.3 is 0 Å². The van der Waals surface area contributed by atoms with Gasteiger partial charge in [0.05, 0.1) is 0 Å². The van der Waals surface area contributed by atoms with Crippen LogP contribution in [0.4, 0.5) is 0 Å². The Kier molecular flexibility index (Phi) is 2.93. The van der Waals surface area contributed by atoms with E-state index in [0.29, 0.717) is 0 Å². The van der Waals surface area contributed by atoms with Gasteiger partial charge < -0.3 is 0 Å². The smallest absolute Gasteiger partial charge is 0.0321 e. The minimum absolute atomic E-state index is 0.0517. The molecule has 0 radical (unpaired) electrons. The van der Waals surface area contributed by atoms with E-state index in [2.05, 4.69) is 68.3 Å². The van der Waals surface area contributed by atoms with Crippen molar-refractivity contribution in [3.8, 4) is 34.6 Å². The zero-order valence-corrected chi connectivity index (χ0v) is 13.4. The van der Waals surface area contributed by atoms with Crippen LogP contribution in [0.1, 0.15) is 30.5 Å². The lowest BCUT2D eigenvalue weighted by Crippen LogP contribution is -2.14. The van der Waals surface area contributed by atoms with Gasteiger partial charge in [0, 0.05) is 11.0 Å². The van der Waals surface area contributed by atoms with Gasteiger partial charge in [0.1, 0.15) is 0 Å². The van der Waals surface area contributed by atoms with E-state index < -0.39 is 0 Å². The quantitative estimate of drug-likeness (QED) is 0.509. The minimum Gasteiger partial charge on any atom is -0.115 e. The first kappa shape index (κ1) is 13.9. The summed E-state index contributed by atoms with van der Waals surface area (Å²) in [5.41, 5.74) is 8.76. The summed E-state index contributed by atoms with van der Waals surface area (Å²) < 4.78 is 0. The second-order valence-electron chi connectivity index (χ2n) is 6.62. The van der Waals surface area contributed by atoms with Crippen LogP contribution < -0.4 is 0 Å². The largest absolute Gasteiger partial charge is 0.115 e. The number of hydrogen-bond acceptors (Lipinski definition) is 0. The first-order valence-corrected chi connectivity index (χ1v) is 7.93. The van der Waals surface area contributed by atoms with Crippen LogP contribution in [0.15, 0.2) is 66.7 Å². The molecule has 0 N–H and O–H groups in total. The Morgan fingerprint density at radius 1 is 0.739 bits per heavy atom. The Balaban J connectivity index is 1.97. The maximum atomic E-state index is 5.67. The zero-order chi connectivity index (χ0) is 16.0. The third kappa shape index (κ3) is 1.94.